The van der Waals surface area contributed by atoms with Crippen LogP contribution >= 0.6 is 0 Å². The molecule has 4 heteroatoms. The third kappa shape index (κ3) is 33.5. The Labute approximate surface area is 256 Å². The molecule has 1 atom stereocenters. The highest BCUT2D eigenvalue weighted by molar-refractivity contribution is 5.69. The smallest absolute Gasteiger partial charge is 0.306 e. The van der Waals surface area contributed by atoms with E-state index in [1.54, 1.807) is 0 Å². The number of aliphatic hydroxyl groups is 1. The van der Waals surface area contributed by atoms with Crippen LogP contribution in [0.3, 0.4) is 0 Å². The molecule has 0 aromatic heterocycles. The summed E-state index contributed by atoms with van der Waals surface area (Å²) in [4.78, 5) is 12.0. The highest BCUT2D eigenvalue weighted by Crippen LogP contribution is 2.13. The van der Waals surface area contributed by atoms with Gasteiger partial charge in [0, 0.05) is 13.0 Å². The molecule has 0 aromatic rings. The van der Waals surface area contributed by atoms with Gasteiger partial charge in [-0.2, -0.15) is 0 Å². The molecule has 4 nitrogen and oxygen atoms in total. The minimum Gasteiger partial charge on any atom is -0.457 e. The number of allylic oxidation sites excluding steroid dienone is 2. The molecule has 0 aliphatic carbocycles. The molecular formula is C37H72O4. The van der Waals surface area contributed by atoms with E-state index in [0.717, 1.165) is 19.3 Å². The number of carbonyl (C=O) groups is 1. The van der Waals surface area contributed by atoms with Crippen LogP contribution in [0.1, 0.15) is 194 Å². The SMILES string of the molecule is CCCCCCCCCC/C=C\CCCCCCCCCCCCOCC(CO)OC(=O)CCCCCCCCC. The summed E-state index contributed by atoms with van der Waals surface area (Å²) in [5.74, 6) is -0.206. The highest BCUT2D eigenvalue weighted by Gasteiger charge is 2.13. The molecule has 0 heterocycles. The summed E-state index contributed by atoms with van der Waals surface area (Å²) in [6.07, 6.45) is 39.9. The quantitative estimate of drug-likeness (QED) is 0.0467. The van der Waals surface area contributed by atoms with Gasteiger partial charge in [-0.3, -0.25) is 4.79 Å². The number of unbranched alkanes of at least 4 members (excludes halogenated alkanes) is 24. The Hall–Kier alpha value is -0.870. The number of hydrogen-bond acceptors (Lipinski definition) is 4. The predicted molar refractivity (Wildman–Crippen MR) is 178 cm³/mol. The fourth-order valence-corrected chi connectivity index (χ4v) is 5.32. The van der Waals surface area contributed by atoms with Gasteiger partial charge in [-0.25, -0.2) is 0 Å². The van der Waals surface area contributed by atoms with Crippen LogP contribution in [0.25, 0.3) is 0 Å². The third-order valence-electron chi connectivity index (χ3n) is 8.09. The van der Waals surface area contributed by atoms with Gasteiger partial charge in [0.2, 0.25) is 0 Å². The Balaban J connectivity index is 3.34. The Morgan fingerprint density at radius 2 is 0.951 bits per heavy atom. The largest absolute Gasteiger partial charge is 0.457 e. The first-order chi connectivity index (χ1) is 20.2. The van der Waals surface area contributed by atoms with Crippen LogP contribution in [0.15, 0.2) is 12.2 Å². The number of esters is 1. The fraction of sp³-hybridized carbons (Fsp3) is 0.919. The van der Waals surface area contributed by atoms with E-state index in [1.165, 1.54) is 154 Å². The second-order valence-corrected chi connectivity index (χ2v) is 12.3. The first kappa shape index (κ1) is 40.1. The lowest BCUT2D eigenvalue weighted by Crippen LogP contribution is -2.27. The molecule has 0 bridgehead atoms. The predicted octanol–water partition coefficient (Wildman–Crippen LogP) is 11.4. The zero-order chi connectivity index (χ0) is 29.9. The van der Waals surface area contributed by atoms with Crippen molar-refractivity contribution in [3.63, 3.8) is 0 Å². The second-order valence-electron chi connectivity index (χ2n) is 12.3. The van der Waals surface area contributed by atoms with Crippen LogP contribution in [0.4, 0.5) is 0 Å². The lowest BCUT2D eigenvalue weighted by molar-refractivity contribution is -0.154. The van der Waals surface area contributed by atoms with Gasteiger partial charge in [0.05, 0.1) is 13.2 Å². The average molecular weight is 581 g/mol. The summed E-state index contributed by atoms with van der Waals surface area (Å²) in [5, 5.41) is 9.49. The summed E-state index contributed by atoms with van der Waals surface area (Å²) >= 11 is 0. The van der Waals surface area contributed by atoms with Gasteiger partial charge in [-0.15, -0.1) is 0 Å². The first-order valence-electron chi connectivity index (χ1n) is 18.3. The van der Waals surface area contributed by atoms with Crippen molar-refractivity contribution in [3.05, 3.63) is 12.2 Å². The third-order valence-corrected chi connectivity index (χ3v) is 8.09. The summed E-state index contributed by atoms with van der Waals surface area (Å²) < 4.78 is 11.0. The molecule has 41 heavy (non-hydrogen) atoms. The van der Waals surface area contributed by atoms with E-state index in [-0.39, 0.29) is 12.6 Å². The van der Waals surface area contributed by atoms with Crippen molar-refractivity contribution in [1.82, 2.24) is 0 Å². The molecule has 1 N–H and O–H groups in total. The Morgan fingerprint density at radius 1 is 0.561 bits per heavy atom. The summed E-state index contributed by atoms with van der Waals surface area (Å²) in [5.41, 5.74) is 0. The summed E-state index contributed by atoms with van der Waals surface area (Å²) in [6, 6.07) is 0. The van der Waals surface area contributed by atoms with Crippen molar-refractivity contribution < 1.29 is 19.4 Å². The maximum atomic E-state index is 12.0. The second kappa shape index (κ2) is 35.3. The van der Waals surface area contributed by atoms with Gasteiger partial charge in [-0.1, -0.05) is 161 Å². The number of hydrogen-bond donors (Lipinski definition) is 1. The van der Waals surface area contributed by atoms with Crippen molar-refractivity contribution in [2.45, 2.75) is 200 Å². The molecule has 244 valence electrons. The van der Waals surface area contributed by atoms with E-state index in [2.05, 4.69) is 26.0 Å². The monoisotopic (exact) mass is 581 g/mol. The minimum atomic E-state index is -0.525. The fourth-order valence-electron chi connectivity index (χ4n) is 5.32. The van der Waals surface area contributed by atoms with Crippen LogP contribution in [-0.2, 0) is 14.3 Å². The molecule has 0 fully saturated rings. The standard InChI is InChI=1S/C37H72O4/c1-3-5-7-9-11-12-13-14-15-16-17-18-19-20-21-22-23-24-25-27-29-31-33-40-35-36(34-38)41-37(39)32-30-28-26-10-8-6-4-2/h16-17,36,38H,3-15,18-35H2,1-2H3/b17-16-. The number of carbonyl (C=O) groups excluding carboxylic acids is 1. The molecule has 0 amide bonds. The van der Waals surface area contributed by atoms with Gasteiger partial charge in [0.15, 0.2) is 0 Å². The molecule has 0 aliphatic rings. The van der Waals surface area contributed by atoms with Gasteiger partial charge in [0.25, 0.3) is 0 Å². The highest BCUT2D eigenvalue weighted by atomic mass is 16.6. The molecule has 0 aromatic carbocycles. The van der Waals surface area contributed by atoms with Gasteiger partial charge >= 0.3 is 5.97 Å². The minimum absolute atomic E-state index is 0.168. The van der Waals surface area contributed by atoms with E-state index in [9.17, 15) is 9.90 Å². The Bertz CT molecular complexity index is 533. The topological polar surface area (TPSA) is 55.8 Å². The molecule has 0 radical (unpaired) electrons. The average Bonchev–Trinajstić information content (AvgIpc) is 2.98. The van der Waals surface area contributed by atoms with Crippen LogP contribution in [0.2, 0.25) is 0 Å². The number of rotatable bonds is 34. The van der Waals surface area contributed by atoms with E-state index < -0.39 is 6.10 Å². The maximum absolute atomic E-state index is 12.0. The number of ether oxygens (including phenoxy) is 2. The van der Waals surface area contributed by atoms with Crippen LogP contribution in [-0.4, -0.2) is 37.0 Å². The summed E-state index contributed by atoms with van der Waals surface area (Å²) in [6.45, 7) is 5.32. The van der Waals surface area contributed by atoms with Crippen molar-refractivity contribution in [3.8, 4) is 0 Å². The molecular weight excluding hydrogens is 508 g/mol. The van der Waals surface area contributed by atoms with Crippen molar-refractivity contribution in [2.75, 3.05) is 19.8 Å². The van der Waals surface area contributed by atoms with E-state index in [1.807, 2.05) is 0 Å². The zero-order valence-corrected chi connectivity index (χ0v) is 27.8. The lowest BCUT2D eigenvalue weighted by Gasteiger charge is -2.15. The van der Waals surface area contributed by atoms with E-state index in [0.29, 0.717) is 19.6 Å². The lowest BCUT2D eigenvalue weighted by atomic mass is 10.1. The van der Waals surface area contributed by atoms with Gasteiger partial charge in [-0.05, 0) is 38.5 Å². The normalized spacial score (nSPS) is 12.4. The molecule has 0 spiro atoms. The van der Waals surface area contributed by atoms with Crippen molar-refractivity contribution in [1.29, 1.82) is 0 Å². The molecule has 0 aliphatic heterocycles. The van der Waals surface area contributed by atoms with Crippen LogP contribution in [0.5, 0.6) is 0 Å². The Morgan fingerprint density at radius 3 is 1.39 bits per heavy atom. The maximum Gasteiger partial charge on any atom is 0.306 e. The Kier molecular flexibility index (Phi) is 34.6. The van der Waals surface area contributed by atoms with E-state index in [4.69, 9.17) is 9.47 Å². The van der Waals surface area contributed by atoms with Crippen LogP contribution < -0.4 is 0 Å². The van der Waals surface area contributed by atoms with Gasteiger partial charge in [0.1, 0.15) is 6.10 Å². The molecule has 1 unspecified atom stereocenters. The summed E-state index contributed by atoms with van der Waals surface area (Å²) in [7, 11) is 0. The molecule has 0 saturated heterocycles. The van der Waals surface area contributed by atoms with Crippen molar-refractivity contribution in [2.24, 2.45) is 0 Å². The molecule has 0 rings (SSSR count). The van der Waals surface area contributed by atoms with E-state index >= 15 is 0 Å². The van der Waals surface area contributed by atoms with Crippen LogP contribution in [0, 0.1) is 0 Å². The van der Waals surface area contributed by atoms with Crippen molar-refractivity contribution >= 4 is 5.97 Å². The first-order valence-corrected chi connectivity index (χ1v) is 18.3. The number of aliphatic hydroxyl groups excluding tert-OH is 1. The molecule has 0 saturated carbocycles. The zero-order valence-electron chi connectivity index (χ0n) is 27.8. The van der Waals surface area contributed by atoms with Gasteiger partial charge < -0.3 is 14.6 Å².